The molecule has 0 saturated carbocycles. The molecule has 0 aliphatic rings. The smallest absolute Gasteiger partial charge is 0.226 e. The van der Waals surface area contributed by atoms with Crippen molar-refractivity contribution in [2.24, 2.45) is 0 Å². The van der Waals surface area contributed by atoms with Crippen molar-refractivity contribution < 1.29 is 4.79 Å². The van der Waals surface area contributed by atoms with Gasteiger partial charge in [-0.15, -0.1) is 0 Å². The maximum Gasteiger partial charge on any atom is 0.226 e. The first-order valence-electron chi connectivity index (χ1n) is 8.47. The number of amides is 1. The molecule has 5 nitrogen and oxygen atoms in total. The lowest BCUT2D eigenvalue weighted by Crippen LogP contribution is -2.18. The lowest BCUT2D eigenvalue weighted by atomic mass is 10.0. The van der Waals surface area contributed by atoms with Gasteiger partial charge in [-0.1, -0.05) is 12.1 Å². The molecule has 1 amide bonds. The Morgan fingerprint density at radius 3 is 2.64 bits per heavy atom. The van der Waals surface area contributed by atoms with E-state index < -0.39 is 0 Å². The number of aryl methyl sites for hydroxylation is 2. The van der Waals surface area contributed by atoms with Gasteiger partial charge in [0.05, 0.1) is 6.04 Å². The van der Waals surface area contributed by atoms with Crippen LogP contribution in [-0.4, -0.2) is 20.7 Å². The molecular weight excluding hydrogens is 312 g/mol. The van der Waals surface area contributed by atoms with Crippen molar-refractivity contribution in [1.82, 2.24) is 14.8 Å². The summed E-state index contributed by atoms with van der Waals surface area (Å²) in [5, 5.41) is 7.16. The number of rotatable bonds is 7. The standard InChI is InChI=1S/C20H22N4O/c1-16(24-13-3-10-22-24)14-20(25)23-19-5-2-4-18(15-19)7-6-17-8-11-21-12-9-17/h2-5,8-13,15-16H,6-7,14H2,1H3,(H,23,25). The highest BCUT2D eigenvalue weighted by Gasteiger charge is 2.11. The van der Waals surface area contributed by atoms with E-state index in [1.807, 2.05) is 61.9 Å². The largest absolute Gasteiger partial charge is 0.326 e. The predicted molar refractivity (Wildman–Crippen MR) is 98.3 cm³/mol. The number of benzene rings is 1. The molecule has 3 aromatic rings. The summed E-state index contributed by atoms with van der Waals surface area (Å²) in [6.07, 6.45) is 9.49. The lowest BCUT2D eigenvalue weighted by Gasteiger charge is -2.13. The normalized spacial score (nSPS) is 11.9. The number of anilines is 1. The van der Waals surface area contributed by atoms with Gasteiger partial charge < -0.3 is 5.32 Å². The zero-order chi connectivity index (χ0) is 17.5. The number of carbonyl (C=O) groups excluding carboxylic acids is 1. The molecule has 1 N–H and O–H groups in total. The maximum atomic E-state index is 12.2. The fourth-order valence-corrected chi connectivity index (χ4v) is 2.76. The fraction of sp³-hybridized carbons (Fsp3) is 0.250. The summed E-state index contributed by atoms with van der Waals surface area (Å²) in [5.74, 6) is -0.00529. The number of hydrogen-bond donors (Lipinski definition) is 1. The average molecular weight is 334 g/mol. The molecule has 0 saturated heterocycles. The number of pyridine rings is 1. The highest BCUT2D eigenvalue weighted by Crippen LogP contribution is 2.15. The molecule has 1 aromatic carbocycles. The molecule has 128 valence electrons. The molecule has 2 heterocycles. The van der Waals surface area contributed by atoms with Gasteiger partial charge in [0.2, 0.25) is 5.91 Å². The van der Waals surface area contributed by atoms with Crippen LogP contribution in [0.1, 0.15) is 30.5 Å². The number of carbonyl (C=O) groups is 1. The molecule has 2 aromatic heterocycles. The maximum absolute atomic E-state index is 12.2. The second-order valence-electron chi connectivity index (χ2n) is 6.14. The monoisotopic (exact) mass is 334 g/mol. The van der Waals surface area contributed by atoms with Crippen molar-refractivity contribution in [2.45, 2.75) is 32.2 Å². The van der Waals surface area contributed by atoms with Crippen LogP contribution in [0, 0.1) is 0 Å². The van der Waals surface area contributed by atoms with Crippen LogP contribution in [0.2, 0.25) is 0 Å². The summed E-state index contributed by atoms with van der Waals surface area (Å²) >= 11 is 0. The Hall–Kier alpha value is -2.95. The SMILES string of the molecule is CC(CC(=O)Nc1cccc(CCc2ccncc2)c1)n1cccn1. The van der Waals surface area contributed by atoms with Crippen LogP contribution in [0.4, 0.5) is 5.69 Å². The summed E-state index contributed by atoms with van der Waals surface area (Å²) in [6.45, 7) is 1.98. The van der Waals surface area contributed by atoms with Crippen LogP contribution >= 0.6 is 0 Å². The third-order valence-electron chi connectivity index (χ3n) is 4.12. The van der Waals surface area contributed by atoms with Crippen molar-refractivity contribution in [3.05, 3.63) is 78.4 Å². The van der Waals surface area contributed by atoms with Crippen molar-refractivity contribution in [1.29, 1.82) is 0 Å². The van der Waals surface area contributed by atoms with Crippen LogP contribution in [0.25, 0.3) is 0 Å². The molecule has 0 radical (unpaired) electrons. The molecule has 3 rings (SSSR count). The topological polar surface area (TPSA) is 59.8 Å². The quantitative estimate of drug-likeness (QED) is 0.717. The van der Waals surface area contributed by atoms with E-state index in [9.17, 15) is 4.79 Å². The van der Waals surface area contributed by atoms with E-state index in [-0.39, 0.29) is 11.9 Å². The summed E-state index contributed by atoms with van der Waals surface area (Å²) in [7, 11) is 0. The Morgan fingerprint density at radius 1 is 1.08 bits per heavy atom. The third-order valence-corrected chi connectivity index (χ3v) is 4.12. The van der Waals surface area contributed by atoms with Gasteiger partial charge in [-0.25, -0.2) is 0 Å². The van der Waals surface area contributed by atoms with E-state index in [1.54, 1.807) is 10.9 Å². The average Bonchev–Trinajstić information content (AvgIpc) is 3.16. The Bertz CT molecular complexity index is 800. The fourth-order valence-electron chi connectivity index (χ4n) is 2.76. The van der Waals surface area contributed by atoms with Gasteiger partial charge in [0.1, 0.15) is 0 Å². The summed E-state index contributed by atoms with van der Waals surface area (Å²) in [4.78, 5) is 16.3. The summed E-state index contributed by atoms with van der Waals surface area (Å²) in [5.41, 5.74) is 3.30. The summed E-state index contributed by atoms with van der Waals surface area (Å²) < 4.78 is 1.80. The lowest BCUT2D eigenvalue weighted by molar-refractivity contribution is -0.116. The molecular formula is C20H22N4O. The van der Waals surface area contributed by atoms with E-state index >= 15 is 0 Å². The molecule has 0 aliphatic carbocycles. The van der Waals surface area contributed by atoms with E-state index in [2.05, 4.69) is 21.5 Å². The minimum absolute atomic E-state index is 0.00529. The minimum Gasteiger partial charge on any atom is -0.326 e. The van der Waals surface area contributed by atoms with Gasteiger partial charge >= 0.3 is 0 Å². The molecule has 0 bridgehead atoms. The van der Waals surface area contributed by atoms with Gasteiger partial charge in [0.15, 0.2) is 0 Å². The first-order valence-corrected chi connectivity index (χ1v) is 8.47. The first kappa shape index (κ1) is 16.9. The van der Waals surface area contributed by atoms with Crippen molar-refractivity contribution in [3.8, 4) is 0 Å². The Balaban J connectivity index is 1.55. The zero-order valence-corrected chi connectivity index (χ0v) is 14.3. The molecule has 0 spiro atoms. The zero-order valence-electron chi connectivity index (χ0n) is 14.3. The summed E-state index contributed by atoms with van der Waals surface area (Å²) in [6, 6.07) is 14.0. The molecule has 25 heavy (non-hydrogen) atoms. The van der Waals surface area contributed by atoms with Gasteiger partial charge in [-0.2, -0.15) is 5.10 Å². The van der Waals surface area contributed by atoms with Crippen LogP contribution in [0.15, 0.2) is 67.3 Å². The van der Waals surface area contributed by atoms with Crippen molar-refractivity contribution in [3.63, 3.8) is 0 Å². The minimum atomic E-state index is -0.00529. The second-order valence-corrected chi connectivity index (χ2v) is 6.14. The Morgan fingerprint density at radius 2 is 1.88 bits per heavy atom. The highest BCUT2D eigenvalue weighted by molar-refractivity contribution is 5.91. The van der Waals surface area contributed by atoms with Crippen LogP contribution in [0.3, 0.4) is 0 Å². The molecule has 1 unspecified atom stereocenters. The van der Waals surface area contributed by atoms with E-state index in [4.69, 9.17) is 0 Å². The Labute approximate surface area is 147 Å². The van der Waals surface area contributed by atoms with Gasteiger partial charge in [-0.05, 0) is 61.2 Å². The van der Waals surface area contributed by atoms with E-state index in [0.717, 1.165) is 18.5 Å². The van der Waals surface area contributed by atoms with Crippen molar-refractivity contribution >= 4 is 11.6 Å². The molecule has 1 atom stereocenters. The van der Waals surface area contributed by atoms with Crippen LogP contribution in [0.5, 0.6) is 0 Å². The van der Waals surface area contributed by atoms with Crippen LogP contribution in [-0.2, 0) is 17.6 Å². The van der Waals surface area contributed by atoms with Crippen LogP contribution < -0.4 is 5.32 Å². The first-order chi connectivity index (χ1) is 12.2. The molecule has 0 fully saturated rings. The number of aromatic nitrogens is 3. The van der Waals surface area contributed by atoms with Gasteiger partial charge in [0, 0.05) is 36.9 Å². The Kier molecular flexibility index (Phi) is 5.57. The predicted octanol–water partition coefficient (Wildman–Crippen LogP) is 3.65. The molecule has 5 heteroatoms. The molecule has 0 aliphatic heterocycles. The number of nitrogens with zero attached hydrogens (tertiary/aromatic N) is 3. The number of hydrogen-bond acceptors (Lipinski definition) is 3. The van der Waals surface area contributed by atoms with E-state index in [0.29, 0.717) is 6.42 Å². The van der Waals surface area contributed by atoms with Gasteiger partial charge in [-0.3, -0.25) is 14.5 Å². The number of nitrogens with one attached hydrogen (secondary N) is 1. The van der Waals surface area contributed by atoms with E-state index in [1.165, 1.54) is 11.1 Å². The van der Waals surface area contributed by atoms with Gasteiger partial charge in [0.25, 0.3) is 0 Å². The highest BCUT2D eigenvalue weighted by atomic mass is 16.1. The second kappa shape index (κ2) is 8.24. The van der Waals surface area contributed by atoms with Crippen molar-refractivity contribution in [2.75, 3.05) is 5.32 Å². The third kappa shape index (κ3) is 5.01.